The second kappa shape index (κ2) is 7.41. The number of anilines is 1. The molecule has 2 N–H and O–H groups in total. The Morgan fingerprint density at radius 3 is 2.37 bits per heavy atom. The third-order valence-corrected chi connectivity index (χ3v) is 2.54. The summed E-state index contributed by atoms with van der Waals surface area (Å²) in [6, 6.07) is 8.49. The van der Waals surface area contributed by atoms with Gasteiger partial charge in [-0.3, -0.25) is 4.79 Å². The van der Waals surface area contributed by atoms with Crippen LogP contribution < -0.4 is 10.6 Å². The number of hydrogen-bond acceptors (Lipinski definition) is 3. The molecule has 2 amide bonds. The van der Waals surface area contributed by atoms with Gasteiger partial charge >= 0.3 is 6.09 Å². The van der Waals surface area contributed by atoms with Crippen molar-refractivity contribution in [3.8, 4) is 0 Å². The summed E-state index contributed by atoms with van der Waals surface area (Å²) in [7, 11) is 0. The molecule has 0 radical (unpaired) electrons. The number of nitrogens with one attached hydrogen (secondary N) is 2. The fourth-order valence-corrected chi connectivity index (χ4v) is 1.58. The first-order valence-electron chi connectivity index (χ1n) is 6.33. The smallest absolute Gasteiger partial charge is 0.407 e. The van der Waals surface area contributed by atoms with Gasteiger partial charge in [0.05, 0.1) is 6.61 Å². The van der Waals surface area contributed by atoms with Gasteiger partial charge in [0, 0.05) is 5.69 Å². The molecule has 1 rings (SSSR count). The number of carbonyl (C=O) groups is 2. The van der Waals surface area contributed by atoms with Gasteiger partial charge in [0.15, 0.2) is 0 Å². The van der Waals surface area contributed by atoms with E-state index in [2.05, 4.69) is 10.6 Å². The Morgan fingerprint density at radius 1 is 1.21 bits per heavy atom. The van der Waals surface area contributed by atoms with E-state index in [9.17, 15) is 9.59 Å². The number of benzene rings is 1. The van der Waals surface area contributed by atoms with Gasteiger partial charge in [0.25, 0.3) is 0 Å². The molecular weight excluding hydrogens is 244 g/mol. The topological polar surface area (TPSA) is 67.4 Å². The lowest BCUT2D eigenvalue weighted by Crippen LogP contribution is -2.47. The van der Waals surface area contributed by atoms with Crippen LogP contribution in [0.2, 0.25) is 0 Å². The molecule has 1 atom stereocenters. The highest BCUT2D eigenvalue weighted by Crippen LogP contribution is 2.09. The number of carbonyl (C=O) groups excluding carboxylic acids is 2. The Balaban J connectivity index is 2.66. The zero-order chi connectivity index (χ0) is 14.3. The fraction of sp³-hybridized carbons (Fsp3) is 0.429. The highest BCUT2D eigenvalue weighted by Gasteiger charge is 2.24. The maximum absolute atomic E-state index is 12.1. The fourth-order valence-electron chi connectivity index (χ4n) is 1.58. The Labute approximate surface area is 113 Å². The van der Waals surface area contributed by atoms with Crippen LogP contribution in [-0.2, 0) is 9.53 Å². The molecule has 0 saturated heterocycles. The first kappa shape index (κ1) is 15.0. The zero-order valence-electron chi connectivity index (χ0n) is 11.5. The molecule has 0 fully saturated rings. The first-order chi connectivity index (χ1) is 9.04. The molecule has 1 aromatic rings. The van der Waals surface area contributed by atoms with E-state index < -0.39 is 12.1 Å². The molecule has 0 aliphatic rings. The Hall–Kier alpha value is -2.04. The van der Waals surface area contributed by atoms with Gasteiger partial charge < -0.3 is 15.4 Å². The van der Waals surface area contributed by atoms with Crippen molar-refractivity contribution in [2.45, 2.75) is 26.8 Å². The molecule has 19 heavy (non-hydrogen) atoms. The Morgan fingerprint density at radius 2 is 1.84 bits per heavy atom. The minimum atomic E-state index is -0.626. The van der Waals surface area contributed by atoms with Gasteiger partial charge in [0.1, 0.15) is 6.04 Å². The van der Waals surface area contributed by atoms with Gasteiger partial charge in [-0.2, -0.15) is 0 Å². The number of alkyl carbamates (subject to hydrolysis) is 1. The van der Waals surface area contributed by atoms with Crippen molar-refractivity contribution in [3.05, 3.63) is 30.3 Å². The molecular formula is C14H20N2O3. The molecule has 0 saturated carbocycles. The van der Waals surface area contributed by atoms with E-state index in [0.717, 1.165) is 0 Å². The van der Waals surface area contributed by atoms with Crippen LogP contribution in [0.3, 0.4) is 0 Å². The van der Waals surface area contributed by atoms with Crippen LogP contribution in [0, 0.1) is 5.92 Å². The predicted octanol–water partition coefficient (Wildman–Crippen LogP) is 2.40. The number of para-hydroxylation sites is 1. The van der Waals surface area contributed by atoms with Crippen LogP contribution in [0.4, 0.5) is 10.5 Å². The highest BCUT2D eigenvalue weighted by molar-refractivity contribution is 5.96. The molecule has 0 unspecified atom stereocenters. The first-order valence-corrected chi connectivity index (χ1v) is 6.33. The summed E-state index contributed by atoms with van der Waals surface area (Å²) >= 11 is 0. The van der Waals surface area contributed by atoms with E-state index in [1.807, 2.05) is 32.0 Å². The standard InChI is InChI=1S/C14H20N2O3/c1-4-19-14(18)16-12(10(2)3)13(17)15-11-8-6-5-7-9-11/h5-10,12H,4H2,1-3H3,(H,15,17)(H,16,18)/t12-/m1/s1. The third kappa shape index (κ3) is 4.99. The molecule has 0 bridgehead atoms. The summed E-state index contributed by atoms with van der Waals surface area (Å²) in [5, 5.41) is 5.33. The van der Waals surface area contributed by atoms with Gasteiger partial charge in [-0.25, -0.2) is 4.79 Å². The van der Waals surface area contributed by atoms with Crippen LogP contribution in [-0.4, -0.2) is 24.6 Å². The monoisotopic (exact) mass is 264 g/mol. The van der Waals surface area contributed by atoms with Crippen molar-refractivity contribution in [1.82, 2.24) is 5.32 Å². The second-order valence-corrected chi connectivity index (χ2v) is 4.44. The van der Waals surface area contributed by atoms with Gasteiger partial charge in [0.2, 0.25) is 5.91 Å². The summed E-state index contributed by atoms with van der Waals surface area (Å²) in [6.07, 6.45) is -0.579. The van der Waals surface area contributed by atoms with Crippen LogP contribution >= 0.6 is 0 Å². The number of hydrogen-bond donors (Lipinski definition) is 2. The zero-order valence-corrected chi connectivity index (χ0v) is 11.5. The van der Waals surface area contributed by atoms with Crippen molar-refractivity contribution in [2.24, 2.45) is 5.92 Å². The molecule has 0 spiro atoms. The van der Waals surface area contributed by atoms with Crippen molar-refractivity contribution < 1.29 is 14.3 Å². The Kier molecular flexibility index (Phi) is 5.85. The third-order valence-electron chi connectivity index (χ3n) is 2.54. The quantitative estimate of drug-likeness (QED) is 0.858. The van der Waals surface area contributed by atoms with Crippen molar-refractivity contribution in [1.29, 1.82) is 0 Å². The average Bonchev–Trinajstić information content (AvgIpc) is 2.37. The summed E-state index contributed by atoms with van der Waals surface area (Å²) < 4.78 is 4.79. The van der Waals surface area contributed by atoms with E-state index >= 15 is 0 Å². The maximum atomic E-state index is 12.1. The number of rotatable bonds is 5. The molecule has 1 aromatic carbocycles. The summed E-state index contributed by atoms with van der Waals surface area (Å²) in [4.78, 5) is 23.5. The minimum Gasteiger partial charge on any atom is -0.450 e. The molecule has 5 heteroatoms. The molecule has 0 heterocycles. The Bertz CT molecular complexity index is 418. The van der Waals surface area contributed by atoms with E-state index in [1.165, 1.54) is 0 Å². The van der Waals surface area contributed by atoms with Gasteiger partial charge in [-0.05, 0) is 25.0 Å². The lowest BCUT2D eigenvalue weighted by Gasteiger charge is -2.21. The normalized spacial score (nSPS) is 11.8. The van der Waals surface area contributed by atoms with Gasteiger partial charge in [-0.15, -0.1) is 0 Å². The summed E-state index contributed by atoms with van der Waals surface area (Å²) in [5.41, 5.74) is 0.698. The van der Waals surface area contributed by atoms with E-state index in [0.29, 0.717) is 5.69 Å². The largest absolute Gasteiger partial charge is 0.450 e. The summed E-state index contributed by atoms with van der Waals surface area (Å²) in [5.74, 6) is -0.289. The van der Waals surface area contributed by atoms with Crippen LogP contribution in [0.15, 0.2) is 30.3 Å². The molecule has 0 aliphatic heterocycles. The predicted molar refractivity (Wildman–Crippen MR) is 73.9 cm³/mol. The second-order valence-electron chi connectivity index (χ2n) is 4.44. The lowest BCUT2D eigenvalue weighted by atomic mass is 10.0. The number of amides is 2. The van der Waals surface area contributed by atoms with Gasteiger partial charge in [-0.1, -0.05) is 32.0 Å². The average molecular weight is 264 g/mol. The van der Waals surface area contributed by atoms with Crippen molar-refractivity contribution >= 4 is 17.7 Å². The van der Waals surface area contributed by atoms with Crippen LogP contribution in [0.5, 0.6) is 0 Å². The van der Waals surface area contributed by atoms with E-state index in [-0.39, 0.29) is 18.4 Å². The van der Waals surface area contributed by atoms with Crippen molar-refractivity contribution in [3.63, 3.8) is 0 Å². The molecule has 104 valence electrons. The SMILES string of the molecule is CCOC(=O)N[C@@H](C(=O)Nc1ccccc1)C(C)C. The number of ether oxygens (including phenoxy) is 1. The van der Waals surface area contributed by atoms with E-state index in [1.54, 1.807) is 19.1 Å². The molecule has 5 nitrogen and oxygen atoms in total. The summed E-state index contributed by atoms with van der Waals surface area (Å²) in [6.45, 7) is 5.72. The van der Waals surface area contributed by atoms with E-state index in [4.69, 9.17) is 4.74 Å². The molecule has 0 aromatic heterocycles. The molecule has 0 aliphatic carbocycles. The lowest BCUT2D eigenvalue weighted by molar-refractivity contribution is -0.119. The van der Waals surface area contributed by atoms with Crippen LogP contribution in [0.1, 0.15) is 20.8 Å². The van der Waals surface area contributed by atoms with Crippen LogP contribution in [0.25, 0.3) is 0 Å². The minimum absolute atomic E-state index is 0.0341. The van der Waals surface area contributed by atoms with Crippen molar-refractivity contribution in [2.75, 3.05) is 11.9 Å². The maximum Gasteiger partial charge on any atom is 0.407 e. The highest BCUT2D eigenvalue weighted by atomic mass is 16.5.